The molecule has 1 amide bonds. The zero-order valence-electron chi connectivity index (χ0n) is 16.9. The Balaban J connectivity index is 1.26. The molecule has 1 N–H and O–H groups in total. The van der Waals surface area contributed by atoms with E-state index in [0.717, 1.165) is 69.2 Å². The number of aromatic nitrogens is 2. The molecular weight excluding hydrogens is 362 g/mol. The van der Waals surface area contributed by atoms with Crippen LogP contribution in [-0.2, 0) is 13.0 Å². The number of hydrogen-bond donors (Lipinski definition) is 1. The van der Waals surface area contributed by atoms with Crippen molar-refractivity contribution in [1.82, 2.24) is 20.2 Å². The SMILES string of the molecule is O=C1NC2(CCc3ccccc31)CCN(Cc1ccnc(N3CCCCC3)n1)C2. The maximum atomic E-state index is 12.8. The first-order valence-electron chi connectivity index (χ1n) is 10.9. The zero-order chi connectivity index (χ0) is 19.7. The number of nitrogens with one attached hydrogen (secondary N) is 1. The van der Waals surface area contributed by atoms with Gasteiger partial charge in [-0.3, -0.25) is 9.69 Å². The lowest BCUT2D eigenvalue weighted by molar-refractivity contribution is 0.0902. The van der Waals surface area contributed by atoms with Crippen LogP contribution in [0.3, 0.4) is 0 Å². The van der Waals surface area contributed by atoms with Crippen LogP contribution >= 0.6 is 0 Å². The molecule has 2 saturated heterocycles. The Morgan fingerprint density at radius 3 is 2.79 bits per heavy atom. The van der Waals surface area contributed by atoms with Gasteiger partial charge in [0, 0.05) is 44.5 Å². The minimum atomic E-state index is -0.126. The number of rotatable bonds is 3. The fourth-order valence-electron chi connectivity index (χ4n) is 5.05. The smallest absolute Gasteiger partial charge is 0.252 e. The highest BCUT2D eigenvalue weighted by atomic mass is 16.1. The summed E-state index contributed by atoms with van der Waals surface area (Å²) >= 11 is 0. The summed E-state index contributed by atoms with van der Waals surface area (Å²) in [6.45, 7) is 4.80. The summed E-state index contributed by atoms with van der Waals surface area (Å²) in [6.07, 6.45) is 8.60. The third-order valence-electron chi connectivity index (χ3n) is 6.67. The van der Waals surface area contributed by atoms with E-state index < -0.39 is 0 Å². The van der Waals surface area contributed by atoms with Crippen LogP contribution in [0.5, 0.6) is 0 Å². The molecule has 1 spiro atoms. The van der Waals surface area contributed by atoms with E-state index >= 15 is 0 Å². The second kappa shape index (κ2) is 7.75. The summed E-state index contributed by atoms with van der Waals surface area (Å²) in [5.74, 6) is 0.948. The standard InChI is InChI=1S/C23H29N5O/c29-21-20-7-3-2-6-18(20)8-10-23(26-21)11-15-27(17-23)16-19-9-12-24-22(25-19)28-13-4-1-5-14-28/h2-3,6-7,9,12H,1,4-5,8,10-11,13-17H2,(H,26,29). The molecule has 1 aromatic heterocycles. The van der Waals surface area contributed by atoms with Crippen molar-refractivity contribution in [1.29, 1.82) is 0 Å². The number of anilines is 1. The lowest BCUT2D eigenvalue weighted by atomic mass is 9.91. The molecule has 0 radical (unpaired) electrons. The van der Waals surface area contributed by atoms with Gasteiger partial charge in [0.05, 0.1) is 11.2 Å². The number of carbonyl (C=O) groups is 1. The maximum absolute atomic E-state index is 12.8. The van der Waals surface area contributed by atoms with Crippen molar-refractivity contribution < 1.29 is 4.79 Å². The lowest BCUT2D eigenvalue weighted by Crippen LogP contribution is -2.49. The Labute approximate surface area is 172 Å². The monoisotopic (exact) mass is 391 g/mol. The molecule has 6 nitrogen and oxygen atoms in total. The van der Waals surface area contributed by atoms with Gasteiger partial charge in [0.25, 0.3) is 5.91 Å². The second-order valence-corrected chi connectivity index (χ2v) is 8.75. The first kappa shape index (κ1) is 18.6. The van der Waals surface area contributed by atoms with E-state index in [1.54, 1.807) is 0 Å². The number of fused-ring (bicyclic) bond motifs is 1. The van der Waals surface area contributed by atoms with Crippen molar-refractivity contribution in [2.75, 3.05) is 31.1 Å². The van der Waals surface area contributed by atoms with Gasteiger partial charge in [0.15, 0.2) is 0 Å². The van der Waals surface area contributed by atoms with Crippen molar-refractivity contribution in [3.8, 4) is 0 Å². The fourth-order valence-corrected chi connectivity index (χ4v) is 5.05. The number of hydrogen-bond acceptors (Lipinski definition) is 5. The molecule has 3 aliphatic rings. The van der Waals surface area contributed by atoms with Crippen molar-refractivity contribution in [2.24, 2.45) is 0 Å². The minimum Gasteiger partial charge on any atom is -0.345 e. The summed E-state index contributed by atoms with van der Waals surface area (Å²) in [4.78, 5) is 26.9. The highest BCUT2D eigenvalue weighted by Gasteiger charge is 2.41. The first-order chi connectivity index (χ1) is 14.2. The van der Waals surface area contributed by atoms with Crippen LogP contribution in [-0.4, -0.2) is 52.5 Å². The first-order valence-corrected chi connectivity index (χ1v) is 10.9. The summed E-state index contributed by atoms with van der Waals surface area (Å²) < 4.78 is 0. The Bertz CT molecular complexity index is 894. The Kier molecular flexibility index (Phi) is 4.96. The van der Waals surface area contributed by atoms with Gasteiger partial charge in [0.2, 0.25) is 5.95 Å². The molecule has 1 atom stereocenters. The quantitative estimate of drug-likeness (QED) is 0.872. The Morgan fingerprint density at radius 2 is 1.90 bits per heavy atom. The largest absolute Gasteiger partial charge is 0.345 e. The van der Waals surface area contributed by atoms with Crippen LogP contribution in [0, 0.1) is 0 Å². The molecule has 2 fully saturated rings. The van der Waals surface area contributed by atoms with Crippen LogP contribution in [0.1, 0.15) is 53.7 Å². The minimum absolute atomic E-state index is 0.0781. The van der Waals surface area contributed by atoms with Gasteiger partial charge >= 0.3 is 0 Å². The van der Waals surface area contributed by atoms with Gasteiger partial charge < -0.3 is 10.2 Å². The van der Waals surface area contributed by atoms with Gasteiger partial charge in [0.1, 0.15) is 0 Å². The van der Waals surface area contributed by atoms with Crippen LogP contribution < -0.4 is 10.2 Å². The molecule has 1 unspecified atom stereocenters. The van der Waals surface area contributed by atoms with E-state index in [9.17, 15) is 4.79 Å². The highest BCUT2D eigenvalue weighted by Crippen LogP contribution is 2.31. The van der Waals surface area contributed by atoms with Gasteiger partial charge in [-0.05, 0) is 56.2 Å². The van der Waals surface area contributed by atoms with Gasteiger partial charge in [-0.15, -0.1) is 0 Å². The molecule has 152 valence electrons. The van der Waals surface area contributed by atoms with Gasteiger partial charge in [-0.25, -0.2) is 9.97 Å². The molecule has 29 heavy (non-hydrogen) atoms. The average molecular weight is 392 g/mol. The van der Waals surface area contributed by atoms with Crippen LogP contribution in [0.4, 0.5) is 5.95 Å². The summed E-state index contributed by atoms with van der Waals surface area (Å²) in [6, 6.07) is 10.0. The van der Waals surface area contributed by atoms with Crippen LogP contribution in [0.2, 0.25) is 0 Å². The molecule has 0 aliphatic carbocycles. The molecule has 3 aliphatic heterocycles. The lowest BCUT2D eigenvalue weighted by Gasteiger charge is -2.29. The topological polar surface area (TPSA) is 61.4 Å². The van der Waals surface area contributed by atoms with Crippen LogP contribution in [0.25, 0.3) is 0 Å². The molecule has 1 aromatic carbocycles. The second-order valence-electron chi connectivity index (χ2n) is 8.75. The molecule has 5 rings (SSSR count). The third kappa shape index (κ3) is 3.86. The predicted octanol–water partition coefficient (Wildman–Crippen LogP) is 2.79. The van der Waals surface area contributed by atoms with Crippen molar-refractivity contribution in [2.45, 2.75) is 50.6 Å². The molecule has 2 aromatic rings. The number of likely N-dealkylation sites (tertiary alicyclic amines) is 1. The number of amides is 1. The number of aryl methyl sites for hydroxylation is 1. The number of nitrogens with zero attached hydrogens (tertiary/aromatic N) is 4. The van der Waals surface area contributed by atoms with Crippen molar-refractivity contribution in [3.63, 3.8) is 0 Å². The van der Waals surface area contributed by atoms with E-state index in [2.05, 4.69) is 26.2 Å². The Hall–Kier alpha value is -2.47. The van der Waals surface area contributed by atoms with E-state index in [1.807, 2.05) is 30.5 Å². The summed E-state index contributed by atoms with van der Waals surface area (Å²) in [5, 5.41) is 3.37. The molecule has 6 heteroatoms. The molecule has 0 bridgehead atoms. The number of benzene rings is 1. The van der Waals surface area contributed by atoms with Crippen molar-refractivity contribution in [3.05, 3.63) is 53.3 Å². The number of piperidine rings is 1. The van der Waals surface area contributed by atoms with E-state index in [1.165, 1.54) is 24.8 Å². The maximum Gasteiger partial charge on any atom is 0.252 e. The average Bonchev–Trinajstić information content (AvgIpc) is 3.09. The Morgan fingerprint density at radius 1 is 1.03 bits per heavy atom. The predicted molar refractivity (Wildman–Crippen MR) is 113 cm³/mol. The van der Waals surface area contributed by atoms with E-state index in [4.69, 9.17) is 4.98 Å². The van der Waals surface area contributed by atoms with E-state index in [-0.39, 0.29) is 11.4 Å². The summed E-state index contributed by atoms with van der Waals surface area (Å²) in [7, 11) is 0. The van der Waals surface area contributed by atoms with Crippen molar-refractivity contribution >= 4 is 11.9 Å². The van der Waals surface area contributed by atoms with Crippen LogP contribution in [0.15, 0.2) is 36.5 Å². The molecule has 4 heterocycles. The summed E-state index contributed by atoms with van der Waals surface area (Å²) in [5.41, 5.74) is 2.95. The fraction of sp³-hybridized carbons (Fsp3) is 0.522. The zero-order valence-corrected chi connectivity index (χ0v) is 16.9. The molecule has 0 saturated carbocycles. The van der Waals surface area contributed by atoms with Gasteiger partial charge in [-0.2, -0.15) is 0 Å². The third-order valence-corrected chi connectivity index (χ3v) is 6.67. The normalized spacial score (nSPS) is 25.0. The molecular formula is C23H29N5O. The van der Waals surface area contributed by atoms with Gasteiger partial charge in [-0.1, -0.05) is 18.2 Å². The highest BCUT2D eigenvalue weighted by molar-refractivity contribution is 5.96. The van der Waals surface area contributed by atoms with E-state index in [0.29, 0.717) is 0 Å². The number of carbonyl (C=O) groups excluding carboxylic acids is 1.